The molecule has 0 saturated heterocycles. The Morgan fingerprint density at radius 3 is 1.80 bits per heavy atom. The Morgan fingerprint density at radius 2 is 1.11 bits per heavy atom. The Balaban J connectivity index is 0.000000176. The first kappa shape index (κ1) is 54.2. The summed E-state index contributed by atoms with van der Waals surface area (Å²) in [7, 11) is 0. The number of pyridine rings is 2. The summed E-state index contributed by atoms with van der Waals surface area (Å²) in [5, 5.41) is 2.18. The summed E-state index contributed by atoms with van der Waals surface area (Å²) in [5.41, 5.74) is 22.5. The van der Waals surface area contributed by atoms with Crippen molar-refractivity contribution in [1.82, 2.24) is 19.5 Å². The molecule has 5 nitrogen and oxygen atoms in total. The number of rotatable bonds is 14. The molecule has 4 heterocycles. The van der Waals surface area contributed by atoms with Crippen LogP contribution in [0.4, 0.5) is 0 Å². The molecular weight excluding hydrogens is 1170 g/mol. The van der Waals surface area contributed by atoms with E-state index in [1.807, 2.05) is 73.1 Å². The normalized spacial score (nSPS) is 11.3. The summed E-state index contributed by atoms with van der Waals surface area (Å²) in [6.45, 7) is 9.15. The molecule has 0 amide bonds. The van der Waals surface area contributed by atoms with Crippen molar-refractivity contribution in [3.63, 3.8) is 0 Å². The number of fused-ring (bicyclic) bond motifs is 4. The Kier molecular flexibility index (Phi) is 16.5. The van der Waals surface area contributed by atoms with Crippen LogP contribution in [0.2, 0.25) is 0 Å². The third-order valence-corrected chi connectivity index (χ3v) is 15.1. The van der Waals surface area contributed by atoms with Crippen molar-refractivity contribution in [2.45, 2.75) is 65.2 Å². The average Bonchev–Trinajstić information content (AvgIpc) is 3.87. The first-order valence-electron chi connectivity index (χ1n) is 27.9. The molecular formula is C75H61IrN4O. The van der Waals surface area contributed by atoms with Crippen molar-refractivity contribution in [3.8, 4) is 61.8 Å². The minimum atomic E-state index is 0. The van der Waals surface area contributed by atoms with E-state index in [1.54, 1.807) is 0 Å². The van der Waals surface area contributed by atoms with Crippen molar-refractivity contribution < 1.29 is 24.5 Å². The number of aromatic nitrogens is 4. The van der Waals surface area contributed by atoms with Gasteiger partial charge in [0.2, 0.25) is 0 Å². The van der Waals surface area contributed by atoms with Gasteiger partial charge in [-0.25, -0.2) is 0 Å². The van der Waals surface area contributed by atoms with Crippen LogP contribution in [-0.2, 0) is 45.8 Å². The molecule has 0 spiro atoms. The second-order valence-electron chi connectivity index (χ2n) is 21.2. The van der Waals surface area contributed by atoms with Gasteiger partial charge in [0.1, 0.15) is 5.58 Å². The summed E-state index contributed by atoms with van der Waals surface area (Å²) < 4.78 is 8.88. The molecule has 13 rings (SSSR count). The van der Waals surface area contributed by atoms with E-state index in [2.05, 4.69) is 224 Å². The van der Waals surface area contributed by atoms with E-state index in [4.69, 9.17) is 9.40 Å². The van der Waals surface area contributed by atoms with Crippen molar-refractivity contribution in [3.05, 3.63) is 288 Å². The number of hydrogen-bond donors (Lipinski definition) is 0. The van der Waals surface area contributed by atoms with Crippen molar-refractivity contribution >= 4 is 33.0 Å². The zero-order chi connectivity index (χ0) is 54.4. The van der Waals surface area contributed by atoms with Gasteiger partial charge in [0.15, 0.2) is 0 Å². The quantitative estimate of drug-likeness (QED) is 0.102. The van der Waals surface area contributed by atoms with Crippen molar-refractivity contribution in [1.29, 1.82) is 0 Å². The van der Waals surface area contributed by atoms with Gasteiger partial charge < -0.3 is 19.0 Å². The first-order valence-corrected chi connectivity index (χ1v) is 27.9. The minimum Gasteiger partial charge on any atom is -0.501 e. The second kappa shape index (κ2) is 24.7. The zero-order valence-electron chi connectivity index (χ0n) is 46.0. The number of aryl methyl sites for hydroxylation is 4. The maximum absolute atomic E-state index is 6.51. The fourth-order valence-corrected chi connectivity index (χ4v) is 10.8. The van der Waals surface area contributed by atoms with Crippen LogP contribution >= 0.6 is 0 Å². The third kappa shape index (κ3) is 11.9. The van der Waals surface area contributed by atoms with Gasteiger partial charge in [0, 0.05) is 23.5 Å². The summed E-state index contributed by atoms with van der Waals surface area (Å²) in [6, 6.07) is 88.7. The fourth-order valence-electron chi connectivity index (χ4n) is 10.8. The molecule has 0 atom stereocenters. The molecule has 13 aromatic rings. The third-order valence-electron chi connectivity index (χ3n) is 15.1. The molecule has 396 valence electrons. The van der Waals surface area contributed by atoms with Crippen LogP contribution in [0.15, 0.2) is 241 Å². The molecule has 0 bridgehead atoms. The van der Waals surface area contributed by atoms with E-state index in [0.717, 1.165) is 92.6 Å². The Morgan fingerprint density at radius 1 is 0.469 bits per heavy atom. The van der Waals surface area contributed by atoms with Gasteiger partial charge >= 0.3 is 20.1 Å². The van der Waals surface area contributed by atoms with Gasteiger partial charge in [0.25, 0.3) is 0 Å². The predicted molar refractivity (Wildman–Crippen MR) is 330 cm³/mol. The number of nitrogens with zero attached hydrogens (tertiary/aromatic N) is 4. The summed E-state index contributed by atoms with van der Waals surface area (Å²) in [4.78, 5) is 14.3. The Labute approximate surface area is 489 Å². The number of furan rings is 1. The number of hydrogen-bond acceptors (Lipinski definition) is 4. The van der Waals surface area contributed by atoms with E-state index in [9.17, 15) is 0 Å². The smallest absolute Gasteiger partial charge is 0.501 e. The zero-order valence-corrected chi connectivity index (χ0v) is 48.4. The van der Waals surface area contributed by atoms with E-state index >= 15 is 0 Å². The van der Waals surface area contributed by atoms with Gasteiger partial charge in [-0.15, -0.1) is 89.5 Å². The predicted octanol–water partition coefficient (Wildman–Crippen LogP) is 19.0. The molecule has 9 aromatic carbocycles. The van der Waals surface area contributed by atoms with Crippen molar-refractivity contribution in [2.75, 3.05) is 0 Å². The van der Waals surface area contributed by atoms with Gasteiger partial charge in [-0.2, -0.15) is 0 Å². The molecule has 0 saturated carbocycles. The fraction of sp³-hybridized carbons (Fsp3) is 0.133. The molecule has 0 N–H and O–H groups in total. The summed E-state index contributed by atoms with van der Waals surface area (Å²) in [6.07, 6.45) is 7.83. The Bertz CT molecular complexity index is 4070. The van der Waals surface area contributed by atoms with E-state index < -0.39 is 0 Å². The minimum absolute atomic E-state index is 0. The molecule has 81 heavy (non-hydrogen) atoms. The maximum Gasteiger partial charge on any atom is 3.00 e. The molecule has 4 aromatic heterocycles. The molecule has 6 heteroatoms. The molecule has 0 aliphatic rings. The molecule has 0 fully saturated rings. The van der Waals surface area contributed by atoms with Crippen LogP contribution in [0.1, 0.15) is 72.9 Å². The average molecular weight is 1230 g/mol. The van der Waals surface area contributed by atoms with Crippen molar-refractivity contribution in [2.24, 2.45) is 0 Å². The standard InChI is InChI=1S/C43H35N2O.C32H26N2.Ir/c1-27(2)36-25-32(31-23-21-30(22-24-31)29-13-6-5-7-14-29)26-37(28(3)4)41(36)45-39-19-10-9-18-38(39)44-43(45)35-17-12-16-34-33-15-8-11-20-40(33)46-42(34)35;1-2-9-29(10-3-1)32-21-18-28(24-34-32)15-14-27-8-6-7-26(23-27)13-12-25-16-19-30(20-17-25)31-11-4-5-22-33-31;/h5-16,18-28H,1-4H3;1-9,11,16-19,21-24H,12-15H2;/q-1;-2;+3. The second-order valence-corrected chi connectivity index (χ2v) is 21.2. The van der Waals surface area contributed by atoms with Crippen LogP contribution in [0, 0.1) is 18.2 Å². The molecule has 0 unspecified atom stereocenters. The number of para-hydroxylation sites is 3. The monoisotopic (exact) mass is 1230 g/mol. The number of benzene rings is 9. The Hall–Kier alpha value is -8.80. The van der Waals surface area contributed by atoms with Gasteiger partial charge in [-0.1, -0.05) is 179 Å². The molecule has 0 aliphatic carbocycles. The van der Waals surface area contributed by atoms with Crippen LogP contribution in [0.5, 0.6) is 0 Å². The van der Waals surface area contributed by atoms with Gasteiger partial charge in [-0.05, 0) is 129 Å². The van der Waals surface area contributed by atoms with Crippen LogP contribution in [0.3, 0.4) is 0 Å². The van der Waals surface area contributed by atoms with E-state index in [0.29, 0.717) is 0 Å². The van der Waals surface area contributed by atoms with E-state index in [-0.39, 0.29) is 31.9 Å². The number of imidazole rings is 1. The van der Waals surface area contributed by atoms with Crippen LogP contribution < -0.4 is 0 Å². The topological polar surface area (TPSA) is 56.7 Å². The van der Waals surface area contributed by atoms with Crippen LogP contribution in [0.25, 0.3) is 94.8 Å². The SMILES string of the molecule is CC(C)c1cc(-c2ccc(-c3ccccc3)cc2)cc(C(C)C)c1-n1c(-c2[c-]ccc3c2oc2ccccc23)nc2ccccc21.[Ir+3].[c-]1cc(CCc2cccc(CCc3ccc(-c4[c-]cccc4)nc3)c2)ccc1-c1ccccn1. The molecule has 0 radical (unpaired) electrons. The van der Waals surface area contributed by atoms with Gasteiger partial charge in [-0.3, -0.25) is 4.98 Å². The first-order chi connectivity index (χ1) is 39.3. The van der Waals surface area contributed by atoms with Gasteiger partial charge in [0.05, 0.1) is 22.4 Å². The van der Waals surface area contributed by atoms with Crippen LogP contribution in [-0.4, -0.2) is 19.5 Å². The summed E-state index contributed by atoms with van der Waals surface area (Å²) >= 11 is 0. The maximum atomic E-state index is 6.51. The summed E-state index contributed by atoms with van der Waals surface area (Å²) in [5.74, 6) is 1.39. The van der Waals surface area contributed by atoms with E-state index in [1.165, 1.54) is 61.3 Å². The largest absolute Gasteiger partial charge is 3.00 e. The molecule has 0 aliphatic heterocycles.